The van der Waals surface area contributed by atoms with E-state index in [2.05, 4.69) is 33.9 Å². The molecular formula is C18H27FN4OS. The first-order valence-corrected chi connectivity index (χ1v) is 9.76. The summed E-state index contributed by atoms with van der Waals surface area (Å²) in [5, 5.41) is 12.9. The lowest BCUT2D eigenvalue weighted by molar-refractivity contribution is 0.386. The highest BCUT2D eigenvalue weighted by molar-refractivity contribution is 7.98. The van der Waals surface area contributed by atoms with Crippen molar-refractivity contribution in [1.82, 2.24) is 20.1 Å². The van der Waals surface area contributed by atoms with Gasteiger partial charge in [0.15, 0.2) is 16.7 Å². The molecule has 1 heterocycles. The topological polar surface area (TPSA) is 52.0 Å². The molecular weight excluding hydrogens is 339 g/mol. The maximum Gasteiger partial charge on any atom is 0.190 e. The molecule has 0 unspecified atom stereocenters. The molecule has 0 spiro atoms. The minimum Gasteiger partial charge on any atom is -0.494 e. The third-order valence-electron chi connectivity index (χ3n) is 3.82. The van der Waals surface area contributed by atoms with Crippen LogP contribution in [-0.2, 0) is 19.5 Å². The Labute approximate surface area is 153 Å². The second-order valence-electron chi connectivity index (χ2n) is 6.36. The van der Waals surface area contributed by atoms with Crippen LogP contribution in [0.1, 0.15) is 31.7 Å². The van der Waals surface area contributed by atoms with Gasteiger partial charge in [-0.3, -0.25) is 0 Å². The normalized spacial score (nSPS) is 11.3. The molecule has 0 aliphatic carbocycles. The molecule has 0 bridgehead atoms. The molecule has 2 aromatic rings. The highest BCUT2D eigenvalue weighted by atomic mass is 32.2. The monoisotopic (exact) mass is 366 g/mol. The average Bonchev–Trinajstić information content (AvgIpc) is 2.96. The van der Waals surface area contributed by atoms with E-state index in [-0.39, 0.29) is 11.6 Å². The average molecular weight is 367 g/mol. The fourth-order valence-electron chi connectivity index (χ4n) is 2.63. The Morgan fingerprint density at radius 2 is 2.12 bits per heavy atom. The van der Waals surface area contributed by atoms with Crippen LogP contribution < -0.4 is 10.1 Å². The minimum atomic E-state index is -0.326. The van der Waals surface area contributed by atoms with E-state index < -0.39 is 0 Å². The number of rotatable bonds is 10. The Bertz CT molecular complexity index is 675. The van der Waals surface area contributed by atoms with Crippen molar-refractivity contribution in [3.63, 3.8) is 0 Å². The van der Waals surface area contributed by atoms with Gasteiger partial charge in [0.25, 0.3) is 0 Å². The summed E-state index contributed by atoms with van der Waals surface area (Å²) in [6.45, 7) is 6.82. The molecule has 0 fully saturated rings. The van der Waals surface area contributed by atoms with Gasteiger partial charge in [-0.1, -0.05) is 31.7 Å². The lowest BCUT2D eigenvalue weighted by Gasteiger charge is -2.12. The summed E-state index contributed by atoms with van der Waals surface area (Å²) in [5.74, 6) is 1.55. The van der Waals surface area contributed by atoms with Crippen molar-refractivity contribution in [3.05, 3.63) is 35.4 Å². The number of benzene rings is 1. The predicted molar refractivity (Wildman–Crippen MR) is 99.6 cm³/mol. The third kappa shape index (κ3) is 5.71. The number of ether oxygens (including phenoxy) is 1. The van der Waals surface area contributed by atoms with Gasteiger partial charge in [-0.2, -0.15) is 0 Å². The van der Waals surface area contributed by atoms with E-state index in [0.29, 0.717) is 12.5 Å². The van der Waals surface area contributed by atoms with E-state index in [0.717, 1.165) is 42.5 Å². The van der Waals surface area contributed by atoms with Gasteiger partial charge in [-0.05, 0) is 42.8 Å². The van der Waals surface area contributed by atoms with Gasteiger partial charge < -0.3 is 14.6 Å². The molecule has 0 aliphatic rings. The van der Waals surface area contributed by atoms with Crippen molar-refractivity contribution < 1.29 is 9.13 Å². The maximum absolute atomic E-state index is 13.7. The number of methoxy groups -OCH3 is 1. The van der Waals surface area contributed by atoms with Crippen molar-refractivity contribution in [3.8, 4) is 5.75 Å². The number of nitrogens with zero attached hydrogens (tertiary/aromatic N) is 3. The molecule has 138 valence electrons. The molecule has 1 aromatic carbocycles. The summed E-state index contributed by atoms with van der Waals surface area (Å²) >= 11 is 1.63. The number of halogens is 1. The van der Waals surface area contributed by atoms with Crippen LogP contribution >= 0.6 is 11.8 Å². The van der Waals surface area contributed by atoms with Gasteiger partial charge in [-0.25, -0.2) is 4.39 Å². The number of thioether (sulfide) groups is 1. The van der Waals surface area contributed by atoms with Crippen LogP contribution in [0.3, 0.4) is 0 Å². The molecule has 7 heteroatoms. The van der Waals surface area contributed by atoms with Gasteiger partial charge >= 0.3 is 0 Å². The second kappa shape index (κ2) is 9.77. The van der Waals surface area contributed by atoms with E-state index in [4.69, 9.17) is 4.74 Å². The number of aromatic nitrogens is 3. The molecule has 0 saturated carbocycles. The van der Waals surface area contributed by atoms with E-state index in [1.165, 1.54) is 13.2 Å². The lowest BCUT2D eigenvalue weighted by atomic mass is 10.2. The van der Waals surface area contributed by atoms with Gasteiger partial charge in [0.05, 0.1) is 7.11 Å². The summed E-state index contributed by atoms with van der Waals surface area (Å²) in [6.07, 6.45) is 3.87. The lowest BCUT2D eigenvalue weighted by Crippen LogP contribution is -2.17. The first kappa shape index (κ1) is 19.7. The van der Waals surface area contributed by atoms with E-state index >= 15 is 0 Å². The van der Waals surface area contributed by atoms with Crippen molar-refractivity contribution >= 4 is 11.8 Å². The molecule has 0 amide bonds. The zero-order chi connectivity index (χ0) is 18.2. The van der Waals surface area contributed by atoms with E-state index in [9.17, 15) is 4.39 Å². The molecule has 0 saturated heterocycles. The van der Waals surface area contributed by atoms with E-state index in [1.807, 2.05) is 12.3 Å². The van der Waals surface area contributed by atoms with Crippen LogP contribution in [-0.4, -0.2) is 34.7 Å². The second-order valence-corrected chi connectivity index (χ2v) is 7.13. The number of nitrogens with one attached hydrogen (secondary N) is 1. The summed E-state index contributed by atoms with van der Waals surface area (Å²) in [7, 11) is 1.47. The Hall–Kier alpha value is -1.60. The molecule has 0 aliphatic heterocycles. The Balaban J connectivity index is 1.80. The third-order valence-corrected chi connectivity index (χ3v) is 4.49. The fraction of sp³-hybridized carbons (Fsp3) is 0.556. The quantitative estimate of drug-likeness (QED) is 0.515. The van der Waals surface area contributed by atoms with Gasteiger partial charge in [-0.15, -0.1) is 10.2 Å². The van der Waals surface area contributed by atoms with Gasteiger partial charge in [0.1, 0.15) is 5.82 Å². The van der Waals surface area contributed by atoms with Crippen molar-refractivity contribution in [2.24, 2.45) is 5.92 Å². The SMILES string of the molecule is COc1ccc(CNCCCc2nnc(SC)n2CC(C)C)cc1F. The smallest absolute Gasteiger partial charge is 0.190 e. The predicted octanol–water partition coefficient (Wildman–Crippen LogP) is 3.53. The summed E-state index contributed by atoms with van der Waals surface area (Å²) in [5.41, 5.74) is 0.908. The minimum absolute atomic E-state index is 0.276. The van der Waals surface area contributed by atoms with Crippen LogP contribution in [0.4, 0.5) is 4.39 Å². The summed E-state index contributed by atoms with van der Waals surface area (Å²) in [6, 6.07) is 5.04. The zero-order valence-electron chi connectivity index (χ0n) is 15.4. The maximum atomic E-state index is 13.7. The van der Waals surface area contributed by atoms with Gasteiger partial charge in [0.2, 0.25) is 0 Å². The first-order chi connectivity index (χ1) is 12.0. The Morgan fingerprint density at radius 1 is 1.32 bits per heavy atom. The Kier molecular flexibility index (Phi) is 7.71. The zero-order valence-corrected chi connectivity index (χ0v) is 16.2. The first-order valence-electron chi connectivity index (χ1n) is 8.54. The number of hydrogen-bond acceptors (Lipinski definition) is 5. The van der Waals surface area contributed by atoms with Crippen LogP contribution in [0.25, 0.3) is 0 Å². The van der Waals surface area contributed by atoms with Crippen LogP contribution in [0, 0.1) is 11.7 Å². The summed E-state index contributed by atoms with van der Waals surface area (Å²) in [4.78, 5) is 0. The number of hydrogen-bond donors (Lipinski definition) is 1. The van der Waals surface area contributed by atoms with Crippen molar-refractivity contribution in [2.45, 2.75) is 44.9 Å². The molecule has 2 rings (SSSR count). The molecule has 1 aromatic heterocycles. The number of aryl methyl sites for hydroxylation is 1. The highest BCUT2D eigenvalue weighted by Gasteiger charge is 2.12. The molecule has 25 heavy (non-hydrogen) atoms. The molecule has 0 atom stereocenters. The largest absolute Gasteiger partial charge is 0.494 e. The highest BCUT2D eigenvalue weighted by Crippen LogP contribution is 2.18. The van der Waals surface area contributed by atoms with Crippen molar-refractivity contribution in [2.75, 3.05) is 19.9 Å². The van der Waals surface area contributed by atoms with Gasteiger partial charge in [0, 0.05) is 19.5 Å². The molecule has 0 radical (unpaired) electrons. The van der Waals surface area contributed by atoms with Crippen molar-refractivity contribution in [1.29, 1.82) is 0 Å². The summed E-state index contributed by atoms with van der Waals surface area (Å²) < 4.78 is 20.8. The standard InChI is InChI=1S/C18H27FN4OS/c1-13(2)12-23-17(21-22-18(23)25-4)6-5-9-20-11-14-7-8-16(24-3)15(19)10-14/h7-8,10,13,20H,5-6,9,11-12H2,1-4H3. The molecule has 5 nitrogen and oxygen atoms in total. The van der Waals surface area contributed by atoms with Crippen LogP contribution in [0.2, 0.25) is 0 Å². The fourth-order valence-corrected chi connectivity index (χ4v) is 3.15. The Morgan fingerprint density at radius 3 is 2.76 bits per heavy atom. The van der Waals surface area contributed by atoms with Crippen LogP contribution in [0.5, 0.6) is 5.75 Å². The van der Waals surface area contributed by atoms with Crippen LogP contribution in [0.15, 0.2) is 23.4 Å². The molecule has 1 N–H and O–H groups in total. The van der Waals surface area contributed by atoms with E-state index in [1.54, 1.807) is 17.8 Å².